The average Bonchev–Trinajstić information content (AvgIpc) is 3.01. The van der Waals surface area contributed by atoms with Gasteiger partial charge >= 0.3 is 6.03 Å². The van der Waals surface area contributed by atoms with Gasteiger partial charge in [-0.25, -0.2) is 19.7 Å². The van der Waals surface area contributed by atoms with Crippen LogP contribution in [0.15, 0.2) is 54.9 Å². The predicted octanol–water partition coefficient (Wildman–Crippen LogP) is 5.87. The number of aliphatic hydroxyl groups excluding tert-OH is 1. The first kappa shape index (κ1) is 23.8. The zero-order valence-electron chi connectivity index (χ0n) is 19.8. The van der Waals surface area contributed by atoms with Gasteiger partial charge in [-0.1, -0.05) is 62.5 Å². The molecule has 0 bridgehead atoms. The van der Waals surface area contributed by atoms with E-state index < -0.39 is 6.10 Å². The number of carbonyl (C=O) groups excluding carboxylic acids is 1. The van der Waals surface area contributed by atoms with Gasteiger partial charge < -0.3 is 10.4 Å². The number of hydrogen-bond donors (Lipinski definition) is 3. The molecular weight excluding hydrogens is 446 g/mol. The van der Waals surface area contributed by atoms with Gasteiger partial charge in [-0.05, 0) is 42.0 Å². The Labute approximate surface area is 203 Å². The van der Waals surface area contributed by atoms with Crippen molar-refractivity contribution in [3.63, 3.8) is 0 Å². The van der Waals surface area contributed by atoms with Crippen LogP contribution in [0.25, 0.3) is 26.9 Å². The highest BCUT2D eigenvalue weighted by Crippen LogP contribution is 2.38. The van der Waals surface area contributed by atoms with E-state index in [2.05, 4.69) is 49.9 Å². The topological polar surface area (TPSA) is 100 Å². The lowest BCUT2D eigenvalue weighted by Gasteiger charge is -2.24. The van der Waals surface area contributed by atoms with Gasteiger partial charge in [0.1, 0.15) is 6.10 Å². The van der Waals surface area contributed by atoms with E-state index in [0.717, 1.165) is 38.9 Å². The third-order valence-electron chi connectivity index (χ3n) is 5.43. The number of fused-ring (bicyclic) bond motifs is 1. The summed E-state index contributed by atoms with van der Waals surface area (Å²) in [6.45, 7) is 8.26. The minimum atomic E-state index is -0.755. The van der Waals surface area contributed by atoms with Crippen LogP contribution in [0.3, 0.4) is 0 Å². The second kappa shape index (κ2) is 9.87. The number of nitrogens with zero attached hydrogens (tertiary/aromatic N) is 3. The van der Waals surface area contributed by atoms with Crippen LogP contribution < -0.4 is 10.6 Å². The number of aliphatic hydroxyl groups is 1. The monoisotopic (exact) mass is 475 g/mol. The fraction of sp³-hybridized carbons (Fsp3) is 0.308. The number of aromatic nitrogens is 3. The molecule has 4 rings (SSSR count). The van der Waals surface area contributed by atoms with Crippen LogP contribution in [0.1, 0.15) is 51.6 Å². The van der Waals surface area contributed by atoms with E-state index in [1.165, 1.54) is 11.3 Å². The highest BCUT2D eigenvalue weighted by Gasteiger charge is 2.26. The summed E-state index contributed by atoms with van der Waals surface area (Å²) in [5, 5.41) is 16.6. The first-order valence-corrected chi connectivity index (χ1v) is 12.1. The van der Waals surface area contributed by atoms with Crippen molar-refractivity contribution in [2.75, 3.05) is 11.9 Å². The van der Waals surface area contributed by atoms with Gasteiger partial charge in [0.2, 0.25) is 0 Å². The molecule has 1 aromatic carbocycles. The average molecular weight is 476 g/mol. The van der Waals surface area contributed by atoms with Crippen LogP contribution in [-0.2, 0) is 0 Å². The van der Waals surface area contributed by atoms with Crippen LogP contribution in [0.2, 0.25) is 0 Å². The molecule has 2 heterocycles. The molecule has 3 N–H and O–H groups in total. The van der Waals surface area contributed by atoms with Crippen molar-refractivity contribution in [2.24, 2.45) is 5.41 Å². The van der Waals surface area contributed by atoms with E-state index >= 15 is 0 Å². The molecule has 1 aliphatic rings. The molecule has 3 aromatic rings. The molecule has 2 amide bonds. The van der Waals surface area contributed by atoms with Gasteiger partial charge in [-0.2, -0.15) is 0 Å². The minimum absolute atomic E-state index is 0.275. The molecule has 0 saturated carbocycles. The summed E-state index contributed by atoms with van der Waals surface area (Å²) in [5.74, 6) is 0.403. The van der Waals surface area contributed by atoms with Crippen molar-refractivity contribution < 1.29 is 9.90 Å². The Hall–Kier alpha value is -3.36. The zero-order chi connectivity index (χ0) is 24.3. The number of anilines is 1. The number of thiazole rings is 1. The Morgan fingerprint density at radius 1 is 1.18 bits per heavy atom. The Kier molecular flexibility index (Phi) is 6.90. The normalized spacial score (nSPS) is 14.6. The maximum Gasteiger partial charge on any atom is 0.321 e. The number of allylic oxidation sites excluding steroid dienone is 6. The van der Waals surface area contributed by atoms with Crippen molar-refractivity contribution in [1.82, 2.24) is 20.3 Å². The molecule has 1 aliphatic carbocycles. The molecule has 176 valence electrons. The van der Waals surface area contributed by atoms with E-state index in [1.54, 1.807) is 12.4 Å². The minimum Gasteiger partial charge on any atom is -0.385 e. The predicted molar refractivity (Wildman–Crippen MR) is 139 cm³/mol. The van der Waals surface area contributed by atoms with E-state index in [-0.39, 0.29) is 11.4 Å². The number of nitrogens with one attached hydrogen (secondary N) is 2. The molecule has 0 radical (unpaired) electrons. The summed E-state index contributed by atoms with van der Waals surface area (Å²) in [4.78, 5) is 25.6. The molecule has 1 atom stereocenters. The molecule has 0 saturated heterocycles. The number of amides is 2. The summed E-state index contributed by atoms with van der Waals surface area (Å²) in [7, 11) is 0. The number of hydrogen-bond acceptors (Lipinski definition) is 6. The highest BCUT2D eigenvalue weighted by molar-refractivity contribution is 7.22. The lowest BCUT2D eigenvalue weighted by molar-refractivity contribution is 0.0548. The number of rotatable bonds is 5. The first-order valence-electron chi connectivity index (χ1n) is 11.3. The van der Waals surface area contributed by atoms with E-state index in [1.807, 2.05) is 45.9 Å². The lowest BCUT2D eigenvalue weighted by Crippen LogP contribution is -2.28. The number of carbonyl (C=O) groups is 1. The standard InChI is InChI=1S/C26H29N5O2S/c1-5-27-24(33)31-25-30-20-13-17(18-14-28-23(29-15-18)22(32)26(2,3)4)12-19(21(20)34-25)16-10-8-6-7-9-11-16/h6-8,10-15,22,32H,5,9H2,1-4H3,(H2,27,30,31,33). The molecule has 8 heteroatoms. The Morgan fingerprint density at radius 2 is 1.94 bits per heavy atom. The zero-order valence-corrected chi connectivity index (χ0v) is 20.6. The molecule has 0 spiro atoms. The largest absolute Gasteiger partial charge is 0.385 e. The second-order valence-electron chi connectivity index (χ2n) is 9.16. The SMILES string of the molecule is CCNC(=O)Nc1nc2cc(-c3cnc(C(O)C(C)(C)C)nc3)cc(C3=CCC=CC=C3)c2s1. The van der Waals surface area contributed by atoms with Crippen LogP contribution in [0, 0.1) is 5.41 Å². The van der Waals surface area contributed by atoms with Gasteiger partial charge in [0.15, 0.2) is 11.0 Å². The van der Waals surface area contributed by atoms with Crippen molar-refractivity contribution in [1.29, 1.82) is 0 Å². The summed E-state index contributed by atoms with van der Waals surface area (Å²) in [5.41, 5.74) is 4.30. The van der Waals surface area contributed by atoms with Crippen LogP contribution in [0.4, 0.5) is 9.93 Å². The van der Waals surface area contributed by atoms with Crippen LogP contribution in [0.5, 0.6) is 0 Å². The quantitative estimate of drug-likeness (QED) is 0.428. The maximum absolute atomic E-state index is 12.0. The summed E-state index contributed by atoms with van der Waals surface area (Å²) in [6.07, 6.45) is 14.0. The van der Waals surface area contributed by atoms with Crippen molar-refractivity contribution in [3.8, 4) is 11.1 Å². The lowest BCUT2D eigenvalue weighted by atomic mass is 9.88. The summed E-state index contributed by atoms with van der Waals surface area (Å²) < 4.78 is 0.994. The van der Waals surface area contributed by atoms with Crippen LogP contribution >= 0.6 is 11.3 Å². The van der Waals surface area contributed by atoms with Crippen molar-refractivity contribution in [2.45, 2.75) is 40.2 Å². The summed E-state index contributed by atoms with van der Waals surface area (Å²) >= 11 is 1.45. The molecule has 34 heavy (non-hydrogen) atoms. The van der Waals surface area contributed by atoms with Crippen LogP contribution in [-0.4, -0.2) is 32.6 Å². The van der Waals surface area contributed by atoms with E-state index in [4.69, 9.17) is 0 Å². The molecule has 0 fully saturated rings. The molecule has 0 aliphatic heterocycles. The number of urea groups is 1. The van der Waals surface area contributed by atoms with E-state index in [9.17, 15) is 9.90 Å². The fourth-order valence-corrected chi connectivity index (χ4v) is 4.54. The summed E-state index contributed by atoms with van der Waals surface area (Å²) in [6, 6.07) is 3.81. The smallest absolute Gasteiger partial charge is 0.321 e. The van der Waals surface area contributed by atoms with Gasteiger partial charge in [0, 0.05) is 30.1 Å². The van der Waals surface area contributed by atoms with Crippen molar-refractivity contribution >= 4 is 38.3 Å². The van der Waals surface area contributed by atoms with Gasteiger partial charge in [0.05, 0.1) is 10.2 Å². The molecule has 7 nitrogen and oxygen atoms in total. The molecular formula is C26H29N5O2S. The van der Waals surface area contributed by atoms with Gasteiger partial charge in [-0.3, -0.25) is 5.32 Å². The maximum atomic E-state index is 12.0. The highest BCUT2D eigenvalue weighted by atomic mass is 32.1. The second-order valence-corrected chi connectivity index (χ2v) is 10.2. The van der Waals surface area contributed by atoms with E-state index in [0.29, 0.717) is 17.5 Å². The number of benzene rings is 1. The Morgan fingerprint density at radius 3 is 2.65 bits per heavy atom. The third kappa shape index (κ3) is 5.24. The fourth-order valence-electron chi connectivity index (χ4n) is 3.56. The molecule has 1 unspecified atom stereocenters. The Bertz CT molecular complexity index is 1280. The van der Waals surface area contributed by atoms with Crippen molar-refractivity contribution in [3.05, 3.63) is 66.3 Å². The third-order valence-corrected chi connectivity index (χ3v) is 6.45. The molecule has 2 aromatic heterocycles. The first-order chi connectivity index (χ1) is 16.3. The van der Waals surface area contributed by atoms with Gasteiger partial charge in [-0.15, -0.1) is 0 Å². The van der Waals surface area contributed by atoms with Gasteiger partial charge in [0.25, 0.3) is 0 Å². The Balaban J connectivity index is 1.78.